The molecule has 1 fully saturated rings. The van der Waals surface area contributed by atoms with Crippen LogP contribution in [0.25, 0.3) is 10.8 Å². The van der Waals surface area contributed by atoms with Crippen molar-refractivity contribution in [3.05, 3.63) is 51.3 Å². The number of hydrogen-bond donors (Lipinski definition) is 6. The van der Waals surface area contributed by atoms with Crippen molar-refractivity contribution in [2.45, 2.75) is 68.9 Å². The van der Waals surface area contributed by atoms with E-state index in [9.17, 15) is 39.9 Å². The van der Waals surface area contributed by atoms with E-state index in [0.717, 1.165) is 18.4 Å². The molecule has 0 saturated carbocycles. The van der Waals surface area contributed by atoms with Crippen LogP contribution < -0.4 is 10.5 Å². The highest BCUT2D eigenvalue weighted by Crippen LogP contribution is 2.73. The highest BCUT2D eigenvalue weighted by atomic mass is 16.8. The summed E-state index contributed by atoms with van der Waals surface area (Å²) in [5, 5.41) is 57.9. The van der Waals surface area contributed by atoms with Gasteiger partial charge in [0.1, 0.15) is 22.8 Å². The Bertz CT molecular complexity index is 1790. The summed E-state index contributed by atoms with van der Waals surface area (Å²) in [7, 11) is 1.46. The Morgan fingerprint density at radius 3 is 2.37 bits per heavy atom. The van der Waals surface area contributed by atoms with Gasteiger partial charge in [-0.2, -0.15) is 0 Å². The number of amides is 1. The molecule has 1 saturated heterocycles. The van der Waals surface area contributed by atoms with Crippen LogP contribution in [0.5, 0.6) is 17.2 Å². The lowest BCUT2D eigenvalue weighted by molar-refractivity contribution is -0.127. The van der Waals surface area contributed by atoms with Gasteiger partial charge in [-0.1, -0.05) is 25.5 Å². The smallest absolute Gasteiger partial charge is 0.255 e. The van der Waals surface area contributed by atoms with E-state index in [2.05, 4.69) is 19.9 Å². The van der Waals surface area contributed by atoms with E-state index < -0.39 is 80.1 Å². The summed E-state index contributed by atoms with van der Waals surface area (Å²) in [5.74, 6) is -8.38. The Kier molecular flexibility index (Phi) is 4.50. The lowest BCUT2D eigenvalue weighted by Crippen LogP contribution is -2.63. The number of benzene rings is 2. The Morgan fingerprint density at radius 1 is 1.07 bits per heavy atom. The highest BCUT2D eigenvalue weighted by molar-refractivity contribution is 6.25. The molecule has 4 atom stereocenters. The molecule has 0 aromatic heterocycles. The van der Waals surface area contributed by atoms with E-state index in [4.69, 9.17) is 15.2 Å². The number of carbonyl (C=O) groups is 3. The summed E-state index contributed by atoms with van der Waals surface area (Å²) in [6.07, 6.45) is 3.10. The molecule has 4 aliphatic carbocycles. The molecule has 11 heteroatoms. The monoisotopic (exact) mass is 563 g/mol. The van der Waals surface area contributed by atoms with E-state index in [1.807, 2.05) is 6.92 Å². The molecule has 1 heterocycles. The number of primary amides is 1. The van der Waals surface area contributed by atoms with E-state index in [-0.39, 0.29) is 17.4 Å². The minimum absolute atomic E-state index is 0.0974. The fraction of sp³-hybridized carbons (Fsp3) is 0.433. The zero-order valence-electron chi connectivity index (χ0n) is 22.8. The lowest BCUT2D eigenvalue weighted by Gasteiger charge is -2.49. The molecule has 41 heavy (non-hydrogen) atoms. The summed E-state index contributed by atoms with van der Waals surface area (Å²) in [4.78, 5) is 39.2. The molecule has 2 spiro atoms. The average Bonchev–Trinajstić information content (AvgIpc) is 3.33. The van der Waals surface area contributed by atoms with Gasteiger partial charge < -0.3 is 40.7 Å². The Hall–Kier alpha value is -3.93. The highest BCUT2D eigenvalue weighted by Gasteiger charge is 2.89. The zero-order valence-corrected chi connectivity index (χ0v) is 22.8. The first-order chi connectivity index (χ1) is 19.1. The van der Waals surface area contributed by atoms with Gasteiger partial charge in [-0.15, -0.1) is 0 Å². The summed E-state index contributed by atoms with van der Waals surface area (Å²) in [6, 6.07) is 1.36. The number of Topliss-reactive ketones (excluding diaryl/α,β-unsaturated/α-hetero) is 2. The fourth-order valence-electron chi connectivity index (χ4n) is 8.53. The predicted molar refractivity (Wildman–Crippen MR) is 141 cm³/mol. The maximum Gasteiger partial charge on any atom is 0.255 e. The Morgan fingerprint density at radius 2 is 1.76 bits per heavy atom. The van der Waals surface area contributed by atoms with Crippen LogP contribution in [0.15, 0.2) is 29.0 Å². The Balaban J connectivity index is 1.65. The van der Waals surface area contributed by atoms with E-state index in [0.29, 0.717) is 22.3 Å². The standard InChI is InChI=1S/C30H29NO10/c1-11-6-5-7-26(2,3)27(11)9-12-16-17(13(32)8-15(40-4)21(16)27)22(34)19-20(12)30(39)28(41-30)10-14(33)18(25(31)37)23(35)29(28,38)24(19)36/h6,8,32,34-35,38-39H,5,7,9-10H2,1-4H3,(H2,31,37). The number of allylic oxidation sites excluding steroid dienone is 2. The molecule has 7 rings (SSSR count). The van der Waals surface area contributed by atoms with Crippen molar-refractivity contribution in [3.8, 4) is 17.2 Å². The number of ketones is 2. The van der Waals surface area contributed by atoms with Crippen molar-refractivity contribution in [2.24, 2.45) is 11.1 Å². The van der Waals surface area contributed by atoms with Crippen molar-refractivity contribution < 1.29 is 49.4 Å². The lowest BCUT2D eigenvalue weighted by atomic mass is 9.54. The van der Waals surface area contributed by atoms with Gasteiger partial charge in [0.15, 0.2) is 17.1 Å². The molecule has 1 aliphatic heterocycles. The van der Waals surface area contributed by atoms with Crippen LogP contribution in [0.2, 0.25) is 0 Å². The number of hydrogen-bond acceptors (Lipinski definition) is 10. The average molecular weight is 564 g/mol. The van der Waals surface area contributed by atoms with E-state index >= 15 is 0 Å². The first-order valence-corrected chi connectivity index (χ1v) is 13.3. The predicted octanol–water partition coefficient (Wildman–Crippen LogP) is 1.93. The van der Waals surface area contributed by atoms with E-state index in [1.165, 1.54) is 13.2 Å². The number of methoxy groups -OCH3 is 1. The summed E-state index contributed by atoms with van der Waals surface area (Å²) < 4.78 is 11.5. The molecule has 11 nitrogen and oxygen atoms in total. The molecule has 1 amide bonds. The van der Waals surface area contributed by atoms with Crippen LogP contribution >= 0.6 is 0 Å². The molecular formula is C30H29NO10. The normalized spacial score (nSPS) is 34.3. The molecule has 2 aromatic carbocycles. The minimum Gasteiger partial charge on any atom is -0.508 e. The number of ether oxygens (including phenoxy) is 2. The van der Waals surface area contributed by atoms with Crippen LogP contribution in [-0.2, 0) is 31.9 Å². The number of phenolic OH excluding ortho intramolecular Hbond substituents is 2. The van der Waals surface area contributed by atoms with Crippen LogP contribution in [0.4, 0.5) is 0 Å². The van der Waals surface area contributed by atoms with Gasteiger partial charge in [0.05, 0.1) is 24.5 Å². The van der Waals surface area contributed by atoms with E-state index in [1.54, 1.807) is 0 Å². The summed E-state index contributed by atoms with van der Waals surface area (Å²) >= 11 is 0. The summed E-state index contributed by atoms with van der Waals surface area (Å²) in [6.45, 7) is 6.18. The van der Waals surface area contributed by atoms with Gasteiger partial charge in [-0.05, 0) is 37.2 Å². The van der Waals surface area contributed by atoms with Crippen LogP contribution in [0.3, 0.4) is 0 Å². The summed E-state index contributed by atoms with van der Waals surface area (Å²) in [5.41, 5.74) is -1.03. The van der Waals surface area contributed by atoms with Crippen molar-refractivity contribution in [2.75, 3.05) is 7.11 Å². The van der Waals surface area contributed by atoms with Crippen molar-refractivity contribution in [1.29, 1.82) is 0 Å². The van der Waals surface area contributed by atoms with Gasteiger partial charge in [0.25, 0.3) is 5.91 Å². The van der Waals surface area contributed by atoms with Crippen molar-refractivity contribution in [3.63, 3.8) is 0 Å². The largest absolute Gasteiger partial charge is 0.508 e. The van der Waals surface area contributed by atoms with Crippen LogP contribution in [0, 0.1) is 5.41 Å². The van der Waals surface area contributed by atoms with Crippen LogP contribution in [-0.4, -0.2) is 61.3 Å². The quantitative estimate of drug-likeness (QED) is 0.178. The first-order valence-electron chi connectivity index (χ1n) is 13.3. The van der Waals surface area contributed by atoms with Gasteiger partial charge in [-0.25, -0.2) is 0 Å². The molecule has 5 aliphatic rings. The van der Waals surface area contributed by atoms with Gasteiger partial charge in [-0.3, -0.25) is 14.4 Å². The third-order valence-corrected chi connectivity index (χ3v) is 10.6. The van der Waals surface area contributed by atoms with Gasteiger partial charge in [0, 0.05) is 28.0 Å². The molecule has 0 radical (unpaired) electrons. The number of phenols is 2. The number of aromatic hydroxyl groups is 2. The van der Waals surface area contributed by atoms with Crippen molar-refractivity contribution >= 4 is 28.2 Å². The molecule has 7 N–H and O–H groups in total. The van der Waals surface area contributed by atoms with Gasteiger partial charge in [0.2, 0.25) is 17.2 Å². The third kappa shape index (κ3) is 2.40. The number of epoxide rings is 1. The minimum atomic E-state index is -3.12. The number of fused-ring (bicyclic) bond motifs is 4. The van der Waals surface area contributed by atoms with Gasteiger partial charge >= 0.3 is 0 Å². The van der Waals surface area contributed by atoms with Crippen molar-refractivity contribution in [1.82, 2.24) is 0 Å². The topological polar surface area (TPSA) is 200 Å². The number of nitrogens with two attached hydrogens (primary N) is 1. The second kappa shape index (κ2) is 7.10. The third-order valence-electron chi connectivity index (χ3n) is 10.6. The SMILES string of the molecule is COc1cc(O)c2c(O)c3c(c4c2c1C1(C4)C(C)=CCCC1(C)C)C1(O)OC12CC(=O)C(C(N)=O)=C(O)C2(O)C3=O. The molecule has 4 unspecified atom stereocenters. The second-order valence-electron chi connectivity index (χ2n) is 12.5. The first kappa shape index (κ1) is 26.0. The zero-order chi connectivity index (χ0) is 29.8. The fourth-order valence-corrected chi connectivity index (χ4v) is 8.53. The molecule has 214 valence electrons. The number of carbonyl (C=O) groups excluding carboxylic acids is 3. The molecule has 2 aromatic rings. The number of rotatable bonds is 2. The van der Waals surface area contributed by atoms with Crippen LogP contribution in [0.1, 0.15) is 67.1 Å². The second-order valence-corrected chi connectivity index (χ2v) is 12.5. The molecular weight excluding hydrogens is 534 g/mol. The Labute approximate surface area is 233 Å². The number of aliphatic hydroxyl groups is 3. The number of aliphatic hydroxyl groups excluding tert-OH is 1. The maximum absolute atomic E-state index is 14.2. The maximum atomic E-state index is 14.2. The molecule has 0 bridgehead atoms.